The molecule has 1 aromatic heterocycles. The van der Waals surface area contributed by atoms with Gasteiger partial charge >= 0.3 is 12.3 Å². The summed E-state index contributed by atoms with van der Waals surface area (Å²) in [5.74, 6) is -1.44. The second-order valence-corrected chi connectivity index (χ2v) is 4.74. The van der Waals surface area contributed by atoms with Crippen molar-refractivity contribution < 1.29 is 27.4 Å². The van der Waals surface area contributed by atoms with Crippen LogP contribution in [0.4, 0.5) is 13.2 Å². The fraction of sp³-hybridized carbons (Fsp3) is 0.400. The Kier molecular flexibility index (Phi) is 5.65. The maximum atomic E-state index is 12.3. The second-order valence-electron chi connectivity index (χ2n) is 3.31. The average molecular weight is 410 g/mol. The summed E-state index contributed by atoms with van der Waals surface area (Å²) in [7, 11) is 1.17. The van der Waals surface area contributed by atoms with Gasteiger partial charge in [0.25, 0.3) is 0 Å². The number of carbonyl (C=O) groups is 1. The van der Waals surface area contributed by atoms with Crippen molar-refractivity contribution in [2.24, 2.45) is 0 Å². The minimum Gasteiger partial charge on any atom is -0.469 e. The van der Waals surface area contributed by atoms with Crippen LogP contribution in [0.2, 0.25) is 0 Å². The van der Waals surface area contributed by atoms with Gasteiger partial charge in [0.2, 0.25) is 5.88 Å². The third-order valence-electron chi connectivity index (χ3n) is 1.98. The lowest BCUT2D eigenvalue weighted by Crippen LogP contribution is -2.20. The topological polar surface area (TPSA) is 48.4 Å². The number of alkyl halides is 4. The SMILES string of the molecule is COC(=O)Cc1cc(I)c(CCl)c(OC(F)(F)F)n1. The predicted molar refractivity (Wildman–Crippen MR) is 68.9 cm³/mol. The Morgan fingerprint density at radius 3 is 2.63 bits per heavy atom. The van der Waals surface area contributed by atoms with E-state index >= 15 is 0 Å². The van der Waals surface area contributed by atoms with Gasteiger partial charge < -0.3 is 9.47 Å². The third-order valence-corrected chi connectivity index (χ3v) is 3.21. The summed E-state index contributed by atoms with van der Waals surface area (Å²) in [5.41, 5.74) is 0.234. The van der Waals surface area contributed by atoms with E-state index in [0.717, 1.165) is 0 Å². The van der Waals surface area contributed by atoms with Gasteiger partial charge in [0.15, 0.2) is 0 Å². The highest BCUT2D eigenvalue weighted by Gasteiger charge is 2.33. The van der Waals surface area contributed by atoms with Crippen molar-refractivity contribution in [1.82, 2.24) is 4.98 Å². The zero-order valence-corrected chi connectivity index (χ0v) is 12.5. The Balaban J connectivity index is 3.14. The van der Waals surface area contributed by atoms with Crippen LogP contribution in [0.1, 0.15) is 11.3 Å². The van der Waals surface area contributed by atoms with E-state index in [0.29, 0.717) is 3.57 Å². The zero-order valence-electron chi connectivity index (χ0n) is 9.55. The Hall–Kier alpha value is -0.770. The molecule has 0 saturated heterocycles. The van der Waals surface area contributed by atoms with Crippen LogP contribution in [0.5, 0.6) is 5.88 Å². The number of methoxy groups -OCH3 is 1. The second kappa shape index (κ2) is 6.60. The number of esters is 1. The molecule has 4 nitrogen and oxygen atoms in total. The van der Waals surface area contributed by atoms with Crippen molar-refractivity contribution >= 4 is 40.2 Å². The molecule has 0 aliphatic heterocycles. The Morgan fingerprint density at radius 2 is 2.16 bits per heavy atom. The Labute approximate surface area is 125 Å². The summed E-state index contributed by atoms with van der Waals surface area (Å²) < 4.78 is 45.4. The molecule has 0 bridgehead atoms. The number of pyridine rings is 1. The number of rotatable bonds is 4. The highest BCUT2D eigenvalue weighted by Crippen LogP contribution is 2.29. The number of halogens is 5. The fourth-order valence-electron chi connectivity index (χ4n) is 1.19. The van der Waals surface area contributed by atoms with Gasteiger partial charge in [-0.05, 0) is 28.7 Å². The minimum absolute atomic E-state index is 0.115. The monoisotopic (exact) mass is 409 g/mol. The number of ether oxygens (including phenoxy) is 2. The molecule has 0 aromatic carbocycles. The van der Waals surface area contributed by atoms with Crippen LogP contribution in [-0.2, 0) is 21.8 Å². The number of hydrogen-bond acceptors (Lipinski definition) is 4. The van der Waals surface area contributed by atoms with E-state index in [1.807, 2.05) is 0 Å². The van der Waals surface area contributed by atoms with Crippen LogP contribution in [0, 0.1) is 3.57 Å². The summed E-state index contributed by atoms with van der Waals surface area (Å²) >= 11 is 7.37. The van der Waals surface area contributed by atoms with Gasteiger partial charge in [-0.1, -0.05) is 0 Å². The van der Waals surface area contributed by atoms with E-state index in [2.05, 4.69) is 14.5 Å². The van der Waals surface area contributed by atoms with Gasteiger partial charge in [0, 0.05) is 9.13 Å². The van der Waals surface area contributed by atoms with Gasteiger partial charge in [-0.15, -0.1) is 24.8 Å². The van der Waals surface area contributed by atoms with E-state index in [-0.39, 0.29) is 23.6 Å². The molecule has 0 saturated carbocycles. The molecule has 106 valence electrons. The summed E-state index contributed by atoms with van der Waals surface area (Å²) in [6.45, 7) is 0. The smallest absolute Gasteiger partial charge is 0.469 e. The molecule has 0 atom stereocenters. The molecule has 1 heterocycles. The molecule has 0 fully saturated rings. The molecule has 0 spiro atoms. The van der Waals surface area contributed by atoms with Gasteiger partial charge in [-0.3, -0.25) is 4.79 Å². The average Bonchev–Trinajstić information content (AvgIpc) is 2.26. The van der Waals surface area contributed by atoms with Crippen LogP contribution < -0.4 is 4.74 Å². The van der Waals surface area contributed by atoms with Gasteiger partial charge in [-0.25, -0.2) is 4.98 Å². The van der Waals surface area contributed by atoms with E-state index in [1.165, 1.54) is 13.2 Å². The molecule has 0 aliphatic carbocycles. The third kappa shape index (κ3) is 5.01. The highest BCUT2D eigenvalue weighted by molar-refractivity contribution is 14.1. The molecule has 0 amide bonds. The number of nitrogens with zero attached hydrogens (tertiary/aromatic N) is 1. The first kappa shape index (κ1) is 16.3. The lowest BCUT2D eigenvalue weighted by molar-refractivity contribution is -0.276. The van der Waals surface area contributed by atoms with Crippen molar-refractivity contribution in [1.29, 1.82) is 0 Å². The maximum absolute atomic E-state index is 12.3. The standard InChI is InChI=1S/C10H8ClF3INO3/c1-18-8(17)3-5-2-7(15)6(4-11)9(16-5)19-10(12,13)14/h2H,3-4H2,1H3. The molecule has 0 N–H and O–H groups in total. The minimum atomic E-state index is -4.87. The van der Waals surface area contributed by atoms with E-state index in [1.54, 1.807) is 22.6 Å². The fourth-order valence-corrected chi connectivity index (χ4v) is 2.46. The van der Waals surface area contributed by atoms with Crippen molar-refractivity contribution in [3.05, 3.63) is 20.9 Å². The van der Waals surface area contributed by atoms with Gasteiger partial charge in [0.05, 0.1) is 25.1 Å². The van der Waals surface area contributed by atoms with Gasteiger partial charge in [0.1, 0.15) is 0 Å². The van der Waals surface area contributed by atoms with Crippen molar-refractivity contribution in [3.8, 4) is 5.88 Å². The van der Waals surface area contributed by atoms with Crippen LogP contribution in [0.25, 0.3) is 0 Å². The van der Waals surface area contributed by atoms with E-state index in [9.17, 15) is 18.0 Å². The van der Waals surface area contributed by atoms with Crippen molar-refractivity contribution in [2.75, 3.05) is 7.11 Å². The first-order valence-corrected chi connectivity index (χ1v) is 6.45. The predicted octanol–water partition coefficient (Wildman–Crippen LogP) is 3.04. The van der Waals surface area contributed by atoms with Crippen LogP contribution in [0.15, 0.2) is 6.07 Å². The lowest BCUT2D eigenvalue weighted by Gasteiger charge is -2.13. The summed E-state index contributed by atoms with van der Waals surface area (Å²) in [4.78, 5) is 14.7. The van der Waals surface area contributed by atoms with Crippen LogP contribution in [-0.4, -0.2) is 24.4 Å². The molecule has 1 rings (SSSR count). The van der Waals surface area contributed by atoms with Gasteiger partial charge in [-0.2, -0.15) is 0 Å². The van der Waals surface area contributed by atoms with E-state index in [4.69, 9.17) is 11.6 Å². The molecule has 1 aromatic rings. The molecule has 19 heavy (non-hydrogen) atoms. The number of carbonyl (C=O) groups excluding carboxylic acids is 1. The summed E-state index contributed by atoms with van der Waals surface area (Å²) in [5, 5.41) is 0. The lowest BCUT2D eigenvalue weighted by atomic mass is 10.2. The largest absolute Gasteiger partial charge is 0.574 e. The number of aromatic nitrogens is 1. The normalized spacial score (nSPS) is 11.3. The maximum Gasteiger partial charge on any atom is 0.574 e. The first-order valence-electron chi connectivity index (χ1n) is 4.83. The molecule has 0 aliphatic rings. The summed E-state index contributed by atoms with van der Waals surface area (Å²) in [6, 6.07) is 1.46. The number of hydrogen-bond donors (Lipinski definition) is 0. The molecular weight excluding hydrogens is 401 g/mol. The first-order chi connectivity index (χ1) is 8.76. The highest BCUT2D eigenvalue weighted by atomic mass is 127. The summed E-state index contributed by atoms with van der Waals surface area (Å²) in [6.07, 6.45) is -5.12. The van der Waals surface area contributed by atoms with Crippen molar-refractivity contribution in [2.45, 2.75) is 18.7 Å². The molecular formula is C10H8ClF3INO3. The Bertz CT molecular complexity index is 482. The quantitative estimate of drug-likeness (QED) is 0.436. The van der Waals surface area contributed by atoms with Crippen molar-refractivity contribution in [3.63, 3.8) is 0 Å². The van der Waals surface area contributed by atoms with Crippen LogP contribution in [0.3, 0.4) is 0 Å². The molecule has 9 heteroatoms. The van der Waals surface area contributed by atoms with E-state index < -0.39 is 18.2 Å². The zero-order chi connectivity index (χ0) is 14.6. The molecule has 0 unspecified atom stereocenters. The molecule has 0 radical (unpaired) electrons. The Morgan fingerprint density at radius 1 is 1.53 bits per heavy atom. The van der Waals surface area contributed by atoms with Crippen LogP contribution >= 0.6 is 34.2 Å².